The summed E-state index contributed by atoms with van der Waals surface area (Å²) in [6.45, 7) is 3.28. The number of hydrogen-bond acceptors (Lipinski definition) is 5. The Morgan fingerprint density at radius 3 is 2.43 bits per heavy atom. The third-order valence-corrected chi connectivity index (χ3v) is 4.62. The lowest BCUT2D eigenvalue weighted by Gasteiger charge is -2.21. The van der Waals surface area contributed by atoms with Crippen LogP contribution in [0.25, 0.3) is 0 Å². The van der Waals surface area contributed by atoms with E-state index in [0.29, 0.717) is 18.7 Å². The molecule has 1 aromatic rings. The molecule has 1 aromatic carbocycles. The van der Waals surface area contributed by atoms with E-state index < -0.39 is 5.97 Å². The van der Waals surface area contributed by atoms with Gasteiger partial charge in [-0.1, -0.05) is 13.0 Å². The summed E-state index contributed by atoms with van der Waals surface area (Å²) in [7, 11) is 3.31. The first-order chi connectivity index (χ1) is 10.1. The Hall–Kier alpha value is -1.24. The van der Waals surface area contributed by atoms with Crippen LogP contribution in [0.5, 0.6) is 0 Å². The van der Waals surface area contributed by atoms with Gasteiger partial charge in [-0.15, -0.1) is 11.8 Å². The van der Waals surface area contributed by atoms with E-state index in [0.717, 1.165) is 16.3 Å². The van der Waals surface area contributed by atoms with Gasteiger partial charge in [-0.3, -0.25) is 0 Å². The van der Waals surface area contributed by atoms with Crippen LogP contribution in [-0.2, 0) is 9.47 Å². The van der Waals surface area contributed by atoms with Gasteiger partial charge in [0.2, 0.25) is 0 Å². The molecule has 2 unspecified atom stereocenters. The van der Waals surface area contributed by atoms with Gasteiger partial charge in [0.05, 0.1) is 11.3 Å². The van der Waals surface area contributed by atoms with Crippen LogP contribution < -0.4 is 4.90 Å². The highest BCUT2D eigenvalue weighted by molar-refractivity contribution is 7.99. The van der Waals surface area contributed by atoms with Crippen molar-refractivity contribution in [2.75, 3.05) is 38.0 Å². The molecule has 1 aliphatic heterocycles. The molecule has 0 saturated carbocycles. The molecular formula is C15H21NO4S. The van der Waals surface area contributed by atoms with Crippen LogP contribution in [0.1, 0.15) is 17.3 Å². The van der Waals surface area contributed by atoms with Gasteiger partial charge >= 0.3 is 5.97 Å². The summed E-state index contributed by atoms with van der Waals surface area (Å²) >= 11 is 1.55. The quantitative estimate of drug-likeness (QED) is 0.814. The van der Waals surface area contributed by atoms with Crippen molar-refractivity contribution in [3.63, 3.8) is 0 Å². The fraction of sp³-hybridized carbons (Fsp3) is 0.533. The zero-order chi connectivity index (χ0) is 15.4. The maximum atomic E-state index is 11.7. The minimum atomic E-state index is -0.892. The maximum absolute atomic E-state index is 11.7. The zero-order valence-corrected chi connectivity index (χ0v) is 13.4. The number of rotatable bonds is 6. The lowest BCUT2D eigenvalue weighted by Crippen LogP contribution is -2.27. The first-order valence-corrected chi connectivity index (χ1v) is 7.90. The molecule has 0 amide bonds. The van der Waals surface area contributed by atoms with Crippen LogP contribution in [0.4, 0.5) is 5.69 Å². The molecule has 1 fully saturated rings. The fourth-order valence-corrected chi connectivity index (χ4v) is 3.49. The van der Waals surface area contributed by atoms with Gasteiger partial charge in [0.1, 0.15) is 12.2 Å². The predicted octanol–water partition coefficient (Wildman–Crippen LogP) is 2.35. The van der Waals surface area contributed by atoms with Gasteiger partial charge in [-0.25, -0.2) is 4.79 Å². The van der Waals surface area contributed by atoms with E-state index >= 15 is 0 Å². The molecule has 0 aromatic heterocycles. The zero-order valence-electron chi connectivity index (χ0n) is 12.5. The van der Waals surface area contributed by atoms with Crippen molar-refractivity contribution in [1.29, 1.82) is 0 Å². The van der Waals surface area contributed by atoms with Crippen LogP contribution in [0.3, 0.4) is 0 Å². The highest BCUT2D eigenvalue weighted by Gasteiger charge is 2.35. The SMILES string of the molecule is CCSc1cccc(N2CC(OC)C(OC)C2)c1C(=O)O. The highest BCUT2D eigenvalue weighted by atomic mass is 32.2. The van der Waals surface area contributed by atoms with Crippen molar-refractivity contribution in [2.24, 2.45) is 0 Å². The fourth-order valence-electron chi connectivity index (χ4n) is 2.67. The number of hydrogen-bond donors (Lipinski definition) is 1. The Labute approximate surface area is 129 Å². The number of thioether (sulfide) groups is 1. The second kappa shape index (κ2) is 7.15. The van der Waals surface area contributed by atoms with E-state index in [1.165, 1.54) is 0 Å². The minimum absolute atomic E-state index is 0.0425. The molecule has 116 valence electrons. The standard InChI is InChI=1S/C15H21NO4S/c1-4-21-13-7-5-6-10(14(13)15(17)18)16-8-11(19-2)12(9-16)20-3/h5-7,11-12H,4,8-9H2,1-3H3,(H,17,18). The molecular weight excluding hydrogens is 290 g/mol. The monoisotopic (exact) mass is 311 g/mol. The van der Waals surface area contributed by atoms with E-state index in [9.17, 15) is 9.90 Å². The first kappa shape index (κ1) is 16.1. The Balaban J connectivity index is 2.36. The molecule has 0 bridgehead atoms. The third kappa shape index (κ3) is 3.33. The molecule has 0 radical (unpaired) electrons. The molecule has 1 saturated heterocycles. The van der Waals surface area contributed by atoms with Gasteiger partial charge in [0, 0.05) is 32.2 Å². The van der Waals surface area contributed by atoms with Crippen molar-refractivity contribution < 1.29 is 19.4 Å². The van der Waals surface area contributed by atoms with E-state index in [1.807, 2.05) is 30.0 Å². The molecule has 6 heteroatoms. The van der Waals surface area contributed by atoms with Crippen molar-refractivity contribution in [3.05, 3.63) is 23.8 Å². The predicted molar refractivity (Wildman–Crippen MR) is 83.6 cm³/mol. The van der Waals surface area contributed by atoms with Crippen LogP contribution >= 0.6 is 11.8 Å². The number of aromatic carboxylic acids is 1. The average molecular weight is 311 g/mol. The van der Waals surface area contributed by atoms with Crippen molar-refractivity contribution in [1.82, 2.24) is 0 Å². The summed E-state index contributed by atoms with van der Waals surface area (Å²) < 4.78 is 10.9. The summed E-state index contributed by atoms with van der Waals surface area (Å²) in [4.78, 5) is 14.5. The molecule has 21 heavy (non-hydrogen) atoms. The van der Waals surface area contributed by atoms with Crippen molar-refractivity contribution >= 4 is 23.4 Å². The summed E-state index contributed by atoms with van der Waals surface area (Å²) in [5.74, 6) is -0.0538. The first-order valence-electron chi connectivity index (χ1n) is 6.92. The molecule has 1 heterocycles. The smallest absolute Gasteiger partial charge is 0.338 e. The lowest BCUT2D eigenvalue weighted by molar-refractivity contribution is -0.00461. The van der Waals surface area contributed by atoms with Crippen LogP contribution in [-0.4, -0.2) is 56.3 Å². The van der Waals surface area contributed by atoms with Gasteiger partial charge < -0.3 is 19.5 Å². The van der Waals surface area contributed by atoms with Gasteiger partial charge in [0.25, 0.3) is 0 Å². The Morgan fingerprint density at radius 2 is 1.95 bits per heavy atom. The second-order valence-electron chi connectivity index (χ2n) is 4.84. The highest BCUT2D eigenvalue weighted by Crippen LogP contribution is 2.33. The topological polar surface area (TPSA) is 59.0 Å². The van der Waals surface area contributed by atoms with Gasteiger partial charge in [-0.2, -0.15) is 0 Å². The minimum Gasteiger partial charge on any atom is -0.478 e. The largest absolute Gasteiger partial charge is 0.478 e. The number of anilines is 1. The Kier molecular flexibility index (Phi) is 5.50. The molecule has 0 aliphatic carbocycles. The summed E-state index contributed by atoms with van der Waals surface area (Å²) in [5, 5.41) is 9.58. The normalized spacial score (nSPS) is 21.8. The Bertz CT molecular complexity index is 496. The second-order valence-corrected chi connectivity index (χ2v) is 6.15. The van der Waals surface area contributed by atoms with Gasteiger partial charge in [-0.05, 0) is 17.9 Å². The molecule has 2 rings (SSSR count). The van der Waals surface area contributed by atoms with E-state index in [1.54, 1.807) is 26.0 Å². The summed E-state index contributed by atoms with van der Waals surface area (Å²) in [6.07, 6.45) is -0.0849. The number of carboxylic acid groups (broad SMARTS) is 1. The van der Waals surface area contributed by atoms with E-state index in [-0.39, 0.29) is 12.2 Å². The summed E-state index contributed by atoms with van der Waals surface area (Å²) in [5.41, 5.74) is 1.11. The number of nitrogens with zero attached hydrogens (tertiary/aromatic N) is 1. The molecule has 1 aliphatic rings. The Morgan fingerprint density at radius 1 is 1.33 bits per heavy atom. The van der Waals surface area contributed by atoms with Crippen LogP contribution in [0.2, 0.25) is 0 Å². The molecule has 5 nitrogen and oxygen atoms in total. The van der Waals surface area contributed by atoms with Crippen LogP contribution in [0.15, 0.2) is 23.1 Å². The maximum Gasteiger partial charge on any atom is 0.338 e. The van der Waals surface area contributed by atoms with E-state index in [4.69, 9.17) is 9.47 Å². The van der Waals surface area contributed by atoms with Crippen molar-refractivity contribution in [2.45, 2.75) is 24.0 Å². The summed E-state index contributed by atoms with van der Waals surface area (Å²) in [6, 6.07) is 5.62. The van der Waals surface area contributed by atoms with Crippen LogP contribution in [0, 0.1) is 0 Å². The third-order valence-electron chi connectivity index (χ3n) is 3.68. The number of carboxylic acids is 1. The number of carbonyl (C=O) groups is 1. The molecule has 0 spiro atoms. The number of ether oxygens (including phenoxy) is 2. The molecule has 2 atom stereocenters. The average Bonchev–Trinajstić information content (AvgIpc) is 2.90. The van der Waals surface area contributed by atoms with E-state index in [2.05, 4.69) is 0 Å². The number of methoxy groups -OCH3 is 2. The van der Waals surface area contributed by atoms with Gasteiger partial charge in [0.15, 0.2) is 0 Å². The number of benzene rings is 1. The molecule has 1 N–H and O–H groups in total. The lowest BCUT2D eigenvalue weighted by atomic mass is 10.1. The van der Waals surface area contributed by atoms with Crippen molar-refractivity contribution in [3.8, 4) is 0 Å².